The monoisotopic (exact) mass is 565 g/mol. The van der Waals surface area contributed by atoms with E-state index in [2.05, 4.69) is 27.0 Å². The lowest BCUT2D eigenvalue weighted by Crippen LogP contribution is -2.43. The lowest BCUT2D eigenvalue weighted by Gasteiger charge is -2.23. The van der Waals surface area contributed by atoms with Gasteiger partial charge >= 0.3 is 5.97 Å². The Morgan fingerprint density at radius 2 is 2.10 bits per heavy atom. The molecule has 218 valence electrons. The molecule has 0 spiro atoms. The molecule has 0 aliphatic carbocycles. The topological polar surface area (TPSA) is 162 Å². The molecule has 1 aliphatic rings. The number of hydrogen-bond donors (Lipinski definition) is 3. The van der Waals surface area contributed by atoms with E-state index < -0.39 is 35.4 Å². The van der Waals surface area contributed by atoms with Crippen molar-refractivity contribution in [2.45, 2.75) is 59.0 Å². The van der Waals surface area contributed by atoms with Crippen LogP contribution in [0.15, 0.2) is 45.9 Å². The van der Waals surface area contributed by atoms with Crippen LogP contribution in [0.2, 0.25) is 0 Å². The first-order valence-corrected chi connectivity index (χ1v) is 13.2. The minimum absolute atomic E-state index is 0.0122. The zero-order valence-electron chi connectivity index (χ0n) is 23.6. The molecule has 0 saturated carbocycles. The summed E-state index contributed by atoms with van der Waals surface area (Å²) in [5.74, 6) is 0.474. The molecule has 12 heteroatoms. The van der Waals surface area contributed by atoms with E-state index >= 15 is 0 Å². The Morgan fingerprint density at radius 3 is 2.71 bits per heavy atom. The molecule has 3 rings (SSSR count). The van der Waals surface area contributed by atoms with Crippen LogP contribution in [0.4, 0.5) is 5.69 Å². The van der Waals surface area contributed by atoms with Gasteiger partial charge in [-0.05, 0) is 37.3 Å². The summed E-state index contributed by atoms with van der Waals surface area (Å²) in [7, 11) is 0. The summed E-state index contributed by atoms with van der Waals surface area (Å²) in [5.41, 5.74) is -0.989. The molecular weight excluding hydrogens is 530 g/mol. The molecule has 3 amide bonds. The standard InChI is InChI=1S/C29H35N5O7/c1-6-8-23(34-14-7-9-21(28(34)39)32-26(37)22-15-18(2)41-33-22)27(38)31-20(16-19-12-13-30-25(19)36)10-11-24(35)40-17-29(3,4)5/h1,7,9-11,14-15,19-20,23H,8,12-13,16-17H2,2-5H3,(H,30,36)(H,31,38)(H,32,37)/t19-,20+,23-/m0/s1. The normalized spacial score (nSPS) is 16.5. The van der Waals surface area contributed by atoms with Gasteiger partial charge < -0.3 is 29.8 Å². The second-order valence-electron chi connectivity index (χ2n) is 11.0. The van der Waals surface area contributed by atoms with Crippen molar-refractivity contribution in [1.29, 1.82) is 0 Å². The number of nitrogens with one attached hydrogen (secondary N) is 3. The van der Waals surface area contributed by atoms with Crippen molar-refractivity contribution in [2.75, 3.05) is 18.5 Å². The third-order valence-electron chi connectivity index (χ3n) is 6.17. The first kappa shape index (κ1) is 30.9. The fourth-order valence-electron chi connectivity index (χ4n) is 4.11. The van der Waals surface area contributed by atoms with E-state index in [1.165, 1.54) is 36.5 Å². The van der Waals surface area contributed by atoms with Crippen molar-refractivity contribution < 1.29 is 28.4 Å². The number of nitrogens with zero attached hydrogens (tertiary/aromatic N) is 2. The van der Waals surface area contributed by atoms with Gasteiger partial charge in [0.2, 0.25) is 11.8 Å². The Balaban J connectivity index is 1.81. The number of terminal acetylenes is 1. The fourth-order valence-corrected chi connectivity index (χ4v) is 4.11. The molecule has 2 aromatic rings. The largest absolute Gasteiger partial charge is 0.462 e. The number of aromatic nitrogens is 2. The van der Waals surface area contributed by atoms with E-state index in [0.717, 1.165) is 4.57 Å². The predicted octanol–water partition coefficient (Wildman–Crippen LogP) is 2.12. The van der Waals surface area contributed by atoms with E-state index in [1.54, 1.807) is 6.92 Å². The fraction of sp³-hybridized carbons (Fsp3) is 0.448. The van der Waals surface area contributed by atoms with E-state index in [0.29, 0.717) is 18.7 Å². The highest BCUT2D eigenvalue weighted by atomic mass is 16.5. The summed E-state index contributed by atoms with van der Waals surface area (Å²) in [6, 6.07) is 2.44. The predicted molar refractivity (Wildman–Crippen MR) is 150 cm³/mol. The Kier molecular flexibility index (Phi) is 10.2. The van der Waals surface area contributed by atoms with Crippen LogP contribution in [-0.4, -0.2) is 52.6 Å². The second kappa shape index (κ2) is 13.6. The third kappa shape index (κ3) is 8.93. The number of carbonyl (C=O) groups excluding carboxylic acids is 4. The number of hydrogen-bond acceptors (Lipinski definition) is 8. The van der Waals surface area contributed by atoms with Crippen LogP contribution < -0.4 is 21.5 Å². The number of rotatable bonds is 11. The van der Waals surface area contributed by atoms with Crippen LogP contribution in [0.1, 0.15) is 62.3 Å². The molecule has 3 N–H and O–H groups in total. The number of ether oxygens (including phenoxy) is 1. The van der Waals surface area contributed by atoms with Gasteiger partial charge in [0.15, 0.2) is 5.69 Å². The summed E-state index contributed by atoms with van der Waals surface area (Å²) in [4.78, 5) is 63.8. The first-order chi connectivity index (χ1) is 19.4. The van der Waals surface area contributed by atoms with Gasteiger partial charge in [0.05, 0.1) is 6.61 Å². The highest BCUT2D eigenvalue weighted by molar-refractivity contribution is 6.02. The quantitative estimate of drug-likeness (QED) is 0.212. The van der Waals surface area contributed by atoms with E-state index in [4.69, 9.17) is 15.7 Å². The van der Waals surface area contributed by atoms with Crippen molar-refractivity contribution in [3.8, 4) is 12.3 Å². The molecule has 41 heavy (non-hydrogen) atoms. The van der Waals surface area contributed by atoms with Gasteiger partial charge in [-0.25, -0.2) is 4.79 Å². The Morgan fingerprint density at radius 1 is 1.34 bits per heavy atom. The number of carbonyl (C=O) groups is 4. The average Bonchev–Trinajstić information content (AvgIpc) is 3.53. The molecule has 0 aromatic carbocycles. The van der Waals surface area contributed by atoms with Crippen molar-refractivity contribution in [1.82, 2.24) is 20.4 Å². The summed E-state index contributed by atoms with van der Waals surface area (Å²) in [5, 5.41) is 11.7. The highest BCUT2D eigenvalue weighted by Gasteiger charge is 2.29. The zero-order valence-corrected chi connectivity index (χ0v) is 23.6. The summed E-state index contributed by atoms with van der Waals surface area (Å²) >= 11 is 0. The molecular formula is C29H35N5O7. The van der Waals surface area contributed by atoms with Gasteiger partial charge in [-0.3, -0.25) is 19.2 Å². The van der Waals surface area contributed by atoms with Crippen LogP contribution in [-0.2, 0) is 19.1 Å². The first-order valence-electron chi connectivity index (χ1n) is 13.2. The maximum absolute atomic E-state index is 13.5. The molecule has 0 bridgehead atoms. The molecule has 2 aromatic heterocycles. The van der Waals surface area contributed by atoms with Gasteiger partial charge in [0.25, 0.3) is 11.5 Å². The van der Waals surface area contributed by atoms with Crippen LogP contribution in [0.5, 0.6) is 0 Å². The number of esters is 1. The van der Waals surface area contributed by atoms with Gasteiger partial charge in [-0.1, -0.05) is 32.0 Å². The van der Waals surface area contributed by atoms with E-state index in [-0.39, 0.29) is 48.1 Å². The molecule has 1 aliphatic heterocycles. The highest BCUT2D eigenvalue weighted by Crippen LogP contribution is 2.19. The SMILES string of the molecule is C#CC[C@@H](C(=O)N[C@H](C=CC(=O)OCC(C)(C)C)C[C@@H]1CCNC1=O)n1cccc(NC(=O)c2cc(C)on2)c1=O. The Bertz CT molecular complexity index is 1410. The van der Waals surface area contributed by atoms with Crippen molar-refractivity contribution >= 4 is 29.4 Å². The number of anilines is 1. The molecule has 0 radical (unpaired) electrons. The molecule has 3 atom stereocenters. The second-order valence-corrected chi connectivity index (χ2v) is 11.0. The van der Waals surface area contributed by atoms with Crippen LogP contribution in [0.25, 0.3) is 0 Å². The van der Waals surface area contributed by atoms with Gasteiger partial charge in [-0.2, -0.15) is 0 Å². The molecule has 12 nitrogen and oxygen atoms in total. The van der Waals surface area contributed by atoms with E-state index in [9.17, 15) is 24.0 Å². The maximum atomic E-state index is 13.5. The maximum Gasteiger partial charge on any atom is 0.330 e. The molecule has 0 unspecified atom stereocenters. The van der Waals surface area contributed by atoms with Gasteiger partial charge in [0.1, 0.15) is 17.5 Å². The molecule has 1 fully saturated rings. The summed E-state index contributed by atoms with van der Waals surface area (Å²) in [6.07, 6.45) is 10.3. The summed E-state index contributed by atoms with van der Waals surface area (Å²) < 4.78 is 11.3. The lowest BCUT2D eigenvalue weighted by atomic mass is 9.97. The Hall–Kier alpha value is -4.66. The van der Waals surface area contributed by atoms with Crippen molar-refractivity contribution in [3.05, 3.63) is 58.4 Å². The van der Waals surface area contributed by atoms with E-state index in [1.807, 2.05) is 20.8 Å². The molecule has 3 heterocycles. The summed E-state index contributed by atoms with van der Waals surface area (Å²) in [6.45, 7) is 8.12. The number of aryl methyl sites for hydroxylation is 1. The third-order valence-corrected chi connectivity index (χ3v) is 6.17. The average molecular weight is 566 g/mol. The van der Waals surface area contributed by atoms with Crippen LogP contribution >= 0.6 is 0 Å². The lowest BCUT2D eigenvalue weighted by molar-refractivity contribution is -0.140. The minimum Gasteiger partial charge on any atom is -0.462 e. The Labute approximate surface area is 237 Å². The number of pyridine rings is 1. The minimum atomic E-state index is -1.14. The smallest absolute Gasteiger partial charge is 0.330 e. The zero-order chi connectivity index (χ0) is 30.2. The van der Waals surface area contributed by atoms with Gasteiger partial charge in [-0.15, -0.1) is 12.3 Å². The van der Waals surface area contributed by atoms with Crippen molar-refractivity contribution in [2.24, 2.45) is 11.3 Å². The van der Waals surface area contributed by atoms with Gasteiger partial charge in [0, 0.05) is 43.3 Å². The van der Waals surface area contributed by atoms with Crippen LogP contribution in [0, 0.1) is 30.6 Å². The van der Waals surface area contributed by atoms with Crippen molar-refractivity contribution in [3.63, 3.8) is 0 Å². The molecule has 1 saturated heterocycles. The van der Waals surface area contributed by atoms with Crippen LogP contribution in [0.3, 0.4) is 0 Å². The number of amides is 3.